The van der Waals surface area contributed by atoms with Crippen molar-refractivity contribution in [2.45, 2.75) is 52.6 Å². The van der Waals surface area contributed by atoms with E-state index in [1.165, 1.54) is 0 Å². The van der Waals surface area contributed by atoms with E-state index in [0.717, 1.165) is 17.3 Å². The first-order valence-electron chi connectivity index (χ1n) is 8.50. The second kappa shape index (κ2) is 5.58. The molecule has 0 bridgehead atoms. The summed E-state index contributed by atoms with van der Waals surface area (Å²) in [7, 11) is 0. The number of benzene rings is 1. The molecule has 0 aliphatic carbocycles. The van der Waals surface area contributed by atoms with Crippen LogP contribution < -0.4 is 4.90 Å². The predicted molar refractivity (Wildman–Crippen MR) is 98.7 cm³/mol. The Morgan fingerprint density at radius 1 is 0.833 bits per heavy atom. The molecular formula is C19H25N5. The lowest BCUT2D eigenvalue weighted by molar-refractivity contribution is 0.252. The van der Waals surface area contributed by atoms with Gasteiger partial charge in [-0.3, -0.25) is 4.57 Å². The number of hydrogen-bond donors (Lipinski definition) is 0. The summed E-state index contributed by atoms with van der Waals surface area (Å²) in [4.78, 5) is 15.9. The van der Waals surface area contributed by atoms with E-state index in [2.05, 4.69) is 71.4 Å². The number of nitrogens with zero attached hydrogens (tertiary/aromatic N) is 5. The minimum Gasteiger partial charge on any atom is -0.304 e. The highest BCUT2D eigenvalue weighted by Gasteiger charge is 2.53. The molecule has 1 aliphatic rings. The van der Waals surface area contributed by atoms with Crippen molar-refractivity contribution < 1.29 is 0 Å². The summed E-state index contributed by atoms with van der Waals surface area (Å²) in [6, 6.07) is 10.4. The maximum absolute atomic E-state index is 4.76. The van der Waals surface area contributed by atoms with Gasteiger partial charge < -0.3 is 4.90 Å². The topological polar surface area (TPSA) is 46.8 Å². The predicted octanol–water partition coefficient (Wildman–Crippen LogP) is 4.52. The summed E-state index contributed by atoms with van der Waals surface area (Å²) in [6.45, 7) is 13.0. The Morgan fingerprint density at radius 3 is 2.12 bits per heavy atom. The molecule has 0 atom stereocenters. The molecule has 1 aromatic carbocycles. The molecule has 1 aliphatic heterocycles. The zero-order valence-corrected chi connectivity index (χ0v) is 15.3. The average molecular weight is 323 g/mol. The number of anilines is 2. The maximum Gasteiger partial charge on any atom is 0.215 e. The summed E-state index contributed by atoms with van der Waals surface area (Å²) < 4.78 is 2.21. The van der Waals surface area contributed by atoms with Crippen LogP contribution in [0.5, 0.6) is 0 Å². The third-order valence-corrected chi connectivity index (χ3v) is 5.11. The SMILES string of the molecule is CC.CC1(C)N(c2ccccc2)c2nc3nccnc3n2C1(C)C. The molecule has 24 heavy (non-hydrogen) atoms. The van der Waals surface area contributed by atoms with Crippen LogP contribution in [0.3, 0.4) is 0 Å². The highest BCUT2D eigenvalue weighted by molar-refractivity contribution is 5.77. The van der Waals surface area contributed by atoms with Crippen LogP contribution in [0.4, 0.5) is 11.6 Å². The number of hydrogen-bond acceptors (Lipinski definition) is 4. The molecule has 0 spiro atoms. The summed E-state index contributed by atoms with van der Waals surface area (Å²) in [5.41, 5.74) is 2.37. The lowest BCUT2D eigenvalue weighted by Crippen LogP contribution is -2.50. The van der Waals surface area contributed by atoms with E-state index in [1.807, 2.05) is 19.9 Å². The molecule has 0 radical (unpaired) electrons. The van der Waals surface area contributed by atoms with E-state index in [1.54, 1.807) is 12.4 Å². The van der Waals surface area contributed by atoms with Gasteiger partial charge in [-0.2, -0.15) is 4.98 Å². The number of rotatable bonds is 1. The van der Waals surface area contributed by atoms with E-state index < -0.39 is 0 Å². The Hall–Kier alpha value is -2.43. The van der Waals surface area contributed by atoms with Crippen molar-refractivity contribution in [3.05, 3.63) is 42.7 Å². The molecule has 126 valence electrons. The second-order valence-corrected chi connectivity index (χ2v) is 6.74. The Labute approximate surface area is 143 Å². The van der Waals surface area contributed by atoms with Crippen molar-refractivity contribution >= 4 is 22.9 Å². The molecule has 4 rings (SSSR count). The van der Waals surface area contributed by atoms with Crippen molar-refractivity contribution in [1.29, 1.82) is 0 Å². The molecule has 3 aromatic rings. The van der Waals surface area contributed by atoms with Crippen LogP contribution in [0.15, 0.2) is 42.7 Å². The lowest BCUT2D eigenvalue weighted by Gasteiger charge is -2.41. The van der Waals surface area contributed by atoms with Gasteiger partial charge in [0.15, 0.2) is 11.3 Å². The fourth-order valence-corrected chi connectivity index (χ4v) is 3.28. The fourth-order valence-electron chi connectivity index (χ4n) is 3.28. The Bertz CT molecular complexity index is 849. The quantitative estimate of drug-likeness (QED) is 0.660. The number of fused-ring (bicyclic) bond motifs is 3. The first kappa shape index (κ1) is 16.4. The molecule has 0 saturated heterocycles. The van der Waals surface area contributed by atoms with E-state index in [-0.39, 0.29) is 11.1 Å². The van der Waals surface area contributed by atoms with E-state index in [4.69, 9.17) is 4.98 Å². The summed E-state index contributed by atoms with van der Waals surface area (Å²) in [6.07, 6.45) is 3.42. The molecule has 5 nitrogen and oxygen atoms in total. The molecule has 0 unspecified atom stereocenters. The van der Waals surface area contributed by atoms with Gasteiger partial charge in [0, 0.05) is 18.1 Å². The molecule has 5 heteroatoms. The normalized spacial score (nSPS) is 17.3. The van der Waals surface area contributed by atoms with Crippen molar-refractivity contribution in [3.8, 4) is 0 Å². The monoisotopic (exact) mass is 323 g/mol. The van der Waals surface area contributed by atoms with Crippen molar-refractivity contribution in [2.75, 3.05) is 4.90 Å². The number of imidazole rings is 1. The van der Waals surface area contributed by atoms with Gasteiger partial charge in [0.1, 0.15) is 0 Å². The molecule has 0 saturated carbocycles. The Morgan fingerprint density at radius 2 is 1.46 bits per heavy atom. The third kappa shape index (κ3) is 2.04. The smallest absolute Gasteiger partial charge is 0.215 e. The van der Waals surface area contributed by atoms with Crippen LogP contribution in [0.25, 0.3) is 11.3 Å². The lowest BCUT2D eigenvalue weighted by atomic mass is 9.82. The van der Waals surface area contributed by atoms with Gasteiger partial charge >= 0.3 is 0 Å². The van der Waals surface area contributed by atoms with E-state index in [0.29, 0.717) is 5.65 Å². The maximum atomic E-state index is 4.76. The molecule has 0 fully saturated rings. The Balaban J connectivity index is 0.000000815. The fraction of sp³-hybridized carbons (Fsp3) is 0.421. The van der Waals surface area contributed by atoms with Gasteiger partial charge in [0.25, 0.3) is 0 Å². The third-order valence-electron chi connectivity index (χ3n) is 5.11. The van der Waals surface area contributed by atoms with Crippen LogP contribution in [-0.2, 0) is 5.54 Å². The van der Waals surface area contributed by atoms with Crippen molar-refractivity contribution in [3.63, 3.8) is 0 Å². The zero-order chi connectivity index (χ0) is 17.5. The minimum absolute atomic E-state index is 0.137. The number of para-hydroxylation sites is 1. The van der Waals surface area contributed by atoms with E-state index >= 15 is 0 Å². The first-order chi connectivity index (χ1) is 11.4. The van der Waals surface area contributed by atoms with Crippen molar-refractivity contribution in [2.24, 2.45) is 0 Å². The minimum atomic E-state index is -0.164. The average Bonchev–Trinajstić information content (AvgIpc) is 3.02. The van der Waals surface area contributed by atoms with Crippen LogP contribution in [0.2, 0.25) is 0 Å². The highest BCUT2D eigenvalue weighted by atomic mass is 15.5. The molecule has 3 heterocycles. The first-order valence-corrected chi connectivity index (χ1v) is 8.50. The standard InChI is InChI=1S/C17H19N5.C2H6/c1-16(2)17(3,4)22-14-13(18-10-11-19-14)20-15(22)21(16)12-8-6-5-7-9-12;1-2/h5-11H,1-4H3;1-2H3. The summed E-state index contributed by atoms with van der Waals surface area (Å²) in [5, 5.41) is 0. The van der Waals surface area contributed by atoms with Gasteiger partial charge in [-0.1, -0.05) is 32.0 Å². The molecular weight excluding hydrogens is 298 g/mol. The van der Waals surface area contributed by atoms with Crippen molar-refractivity contribution in [1.82, 2.24) is 19.5 Å². The molecule has 0 amide bonds. The number of aromatic nitrogens is 4. The largest absolute Gasteiger partial charge is 0.304 e. The second-order valence-electron chi connectivity index (χ2n) is 6.74. The van der Waals surface area contributed by atoms with Gasteiger partial charge in [-0.25, -0.2) is 9.97 Å². The molecule has 0 N–H and O–H groups in total. The zero-order valence-electron chi connectivity index (χ0n) is 15.3. The van der Waals surface area contributed by atoms with Gasteiger partial charge in [0.05, 0.1) is 11.1 Å². The van der Waals surface area contributed by atoms with Gasteiger partial charge in [-0.05, 0) is 39.8 Å². The van der Waals surface area contributed by atoms with Crippen LogP contribution in [0, 0.1) is 0 Å². The van der Waals surface area contributed by atoms with Crippen LogP contribution >= 0.6 is 0 Å². The van der Waals surface area contributed by atoms with Gasteiger partial charge in [0.2, 0.25) is 5.95 Å². The summed E-state index contributed by atoms with van der Waals surface area (Å²) in [5.74, 6) is 0.905. The highest BCUT2D eigenvalue weighted by Crippen LogP contribution is 2.50. The van der Waals surface area contributed by atoms with Gasteiger partial charge in [-0.15, -0.1) is 0 Å². The Kier molecular flexibility index (Phi) is 3.82. The summed E-state index contributed by atoms with van der Waals surface area (Å²) >= 11 is 0. The van der Waals surface area contributed by atoms with E-state index in [9.17, 15) is 0 Å². The molecule has 2 aromatic heterocycles. The van der Waals surface area contributed by atoms with Crippen LogP contribution in [0.1, 0.15) is 41.5 Å². The van der Waals surface area contributed by atoms with Crippen LogP contribution in [-0.4, -0.2) is 25.1 Å².